The van der Waals surface area contributed by atoms with Crippen molar-refractivity contribution in [3.05, 3.63) is 63.9 Å². The van der Waals surface area contributed by atoms with Crippen LogP contribution in [0.3, 0.4) is 0 Å². The molecule has 2 aromatic carbocycles. The highest BCUT2D eigenvalue weighted by atomic mass is 35.5. The summed E-state index contributed by atoms with van der Waals surface area (Å²) < 4.78 is 46.6. The van der Waals surface area contributed by atoms with Crippen LogP contribution in [0.15, 0.2) is 47.6 Å². The second-order valence-corrected chi connectivity index (χ2v) is 8.65. The van der Waals surface area contributed by atoms with Crippen LogP contribution in [0.1, 0.15) is 17.8 Å². The molecule has 0 bridgehead atoms. The number of halogens is 5. The van der Waals surface area contributed by atoms with Gasteiger partial charge in [-0.3, -0.25) is 4.79 Å². The van der Waals surface area contributed by atoms with Crippen molar-refractivity contribution in [3.8, 4) is 5.75 Å². The largest absolute Gasteiger partial charge is 0.492 e. The van der Waals surface area contributed by atoms with Gasteiger partial charge in [0.15, 0.2) is 5.16 Å². The zero-order valence-corrected chi connectivity index (χ0v) is 19.7. The molecule has 0 unspecified atom stereocenters. The minimum Gasteiger partial charge on any atom is -0.492 e. The second kappa shape index (κ2) is 11.1. The minimum absolute atomic E-state index is 0.115. The Morgan fingerprint density at radius 1 is 1.18 bits per heavy atom. The van der Waals surface area contributed by atoms with E-state index in [0.717, 1.165) is 17.8 Å². The lowest BCUT2D eigenvalue weighted by Gasteiger charge is -2.13. The van der Waals surface area contributed by atoms with E-state index >= 15 is 0 Å². The van der Waals surface area contributed by atoms with Crippen LogP contribution in [0.25, 0.3) is 0 Å². The van der Waals surface area contributed by atoms with Crippen molar-refractivity contribution in [1.29, 1.82) is 0 Å². The van der Waals surface area contributed by atoms with E-state index < -0.39 is 17.6 Å². The number of aryl methyl sites for hydroxylation is 1. The number of nitrogens with zero attached hydrogens (tertiary/aromatic N) is 3. The average molecular weight is 519 g/mol. The lowest BCUT2D eigenvalue weighted by Crippen LogP contribution is -2.18. The molecule has 0 saturated heterocycles. The van der Waals surface area contributed by atoms with E-state index in [2.05, 4.69) is 15.5 Å². The molecule has 6 nitrogen and oxygen atoms in total. The Hall–Kier alpha value is -2.43. The molecule has 0 saturated carbocycles. The first kappa shape index (κ1) is 25.2. The van der Waals surface area contributed by atoms with Crippen LogP contribution in [0.5, 0.6) is 5.75 Å². The van der Waals surface area contributed by atoms with Crippen molar-refractivity contribution in [1.82, 2.24) is 14.8 Å². The maximum atomic E-state index is 13.1. The van der Waals surface area contributed by atoms with Gasteiger partial charge in [0.25, 0.3) is 0 Å². The monoisotopic (exact) mass is 518 g/mol. The van der Waals surface area contributed by atoms with E-state index in [9.17, 15) is 18.0 Å². The number of thioether (sulfide) groups is 1. The quantitative estimate of drug-likeness (QED) is 0.282. The Labute approximate surface area is 202 Å². The number of anilines is 1. The number of hydrogen-bond acceptors (Lipinski definition) is 5. The Bertz CT molecular complexity index is 1130. The maximum absolute atomic E-state index is 13.1. The second-order valence-electron chi connectivity index (χ2n) is 6.86. The number of carbonyl (C=O) groups is 1. The summed E-state index contributed by atoms with van der Waals surface area (Å²) in [6.07, 6.45) is -3.34. The Balaban J connectivity index is 1.48. The van der Waals surface area contributed by atoms with Gasteiger partial charge in [-0.05, 0) is 36.8 Å². The highest BCUT2D eigenvalue weighted by molar-refractivity contribution is 7.99. The molecule has 1 aromatic heterocycles. The molecule has 176 valence electrons. The summed E-state index contributed by atoms with van der Waals surface area (Å²) in [5.74, 6) is 0.532. The molecular formula is C21H19Cl2F3N4O2S. The molecule has 0 aliphatic heterocycles. The lowest BCUT2D eigenvalue weighted by molar-refractivity contribution is -0.137. The van der Waals surface area contributed by atoms with Crippen LogP contribution in [0.4, 0.5) is 18.9 Å². The van der Waals surface area contributed by atoms with Gasteiger partial charge in [0.05, 0.1) is 28.6 Å². The molecule has 12 heteroatoms. The third-order valence-corrected chi connectivity index (χ3v) is 6.01. The summed E-state index contributed by atoms with van der Waals surface area (Å²) >= 11 is 13.0. The molecule has 1 amide bonds. The summed E-state index contributed by atoms with van der Waals surface area (Å²) in [5, 5.41) is 11.9. The molecule has 0 spiro atoms. The van der Waals surface area contributed by atoms with E-state index in [1.807, 2.05) is 0 Å². The molecule has 1 N–H and O–H groups in total. The molecule has 33 heavy (non-hydrogen) atoms. The first-order valence-electron chi connectivity index (χ1n) is 9.70. The number of hydrogen-bond donors (Lipinski definition) is 1. The summed E-state index contributed by atoms with van der Waals surface area (Å²) in [6, 6.07) is 9.81. The summed E-state index contributed by atoms with van der Waals surface area (Å²) in [7, 11) is 1.76. The predicted octanol–water partition coefficient (Wildman–Crippen LogP) is 5.88. The van der Waals surface area contributed by atoms with E-state index in [4.69, 9.17) is 27.9 Å². The highest BCUT2D eigenvalue weighted by Gasteiger charge is 2.33. The van der Waals surface area contributed by atoms with Gasteiger partial charge in [-0.1, -0.05) is 47.1 Å². The predicted molar refractivity (Wildman–Crippen MR) is 122 cm³/mol. The van der Waals surface area contributed by atoms with Crippen molar-refractivity contribution < 1.29 is 22.7 Å². The summed E-state index contributed by atoms with van der Waals surface area (Å²) in [5.41, 5.74) is -1.18. The number of alkyl halides is 3. The molecule has 0 aliphatic carbocycles. The lowest BCUT2D eigenvalue weighted by atomic mass is 10.1. The van der Waals surface area contributed by atoms with Crippen LogP contribution in [-0.4, -0.2) is 33.0 Å². The van der Waals surface area contributed by atoms with E-state index in [1.54, 1.807) is 29.8 Å². The number of amides is 1. The zero-order valence-electron chi connectivity index (χ0n) is 17.3. The fourth-order valence-electron chi connectivity index (χ4n) is 2.85. The smallest absolute Gasteiger partial charge is 0.418 e. The molecule has 3 aromatic rings. The van der Waals surface area contributed by atoms with Gasteiger partial charge in [-0.25, -0.2) is 0 Å². The fraction of sp³-hybridized carbons (Fsp3) is 0.286. The number of benzene rings is 2. The van der Waals surface area contributed by atoms with Gasteiger partial charge in [0.2, 0.25) is 5.91 Å². The number of carbonyl (C=O) groups excluding carboxylic acids is 1. The standard InChI is InChI=1S/C21H19Cl2F3N4O2S/c1-30-18(7-4-10-32-17-9-8-13(22)11-15(17)23)28-29-20(30)33-12-19(31)27-16-6-3-2-5-14(16)21(24,25)26/h2-3,5-6,8-9,11H,4,7,10,12H2,1H3,(H,27,31). The van der Waals surface area contributed by atoms with E-state index in [-0.39, 0.29) is 11.4 Å². The van der Waals surface area contributed by atoms with Gasteiger partial charge >= 0.3 is 6.18 Å². The molecule has 3 rings (SSSR count). The number of ether oxygens (including phenoxy) is 1. The average Bonchev–Trinajstić information content (AvgIpc) is 3.10. The highest BCUT2D eigenvalue weighted by Crippen LogP contribution is 2.34. The zero-order chi connectivity index (χ0) is 24.0. The van der Waals surface area contributed by atoms with Crippen molar-refractivity contribution in [2.45, 2.75) is 24.2 Å². The van der Waals surface area contributed by atoms with Crippen LogP contribution in [0, 0.1) is 0 Å². The van der Waals surface area contributed by atoms with Crippen molar-refractivity contribution in [2.75, 3.05) is 17.7 Å². The first-order valence-corrected chi connectivity index (χ1v) is 11.4. The third kappa shape index (κ3) is 7.02. The topological polar surface area (TPSA) is 69.0 Å². The molecule has 0 radical (unpaired) electrons. The van der Waals surface area contributed by atoms with Crippen molar-refractivity contribution in [2.24, 2.45) is 7.05 Å². The number of rotatable bonds is 9. The molecular weight excluding hydrogens is 500 g/mol. The van der Waals surface area contributed by atoms with Crippen molar-refractivity contribution in [3.63, 3.8) is 0 Å². The van der Waals surface area contributed by atoms with Crippen molar-refractivity contribution >= 4 is 46.6 Å². The number of nitrogens with one attached hydrogen (secondary N) is 1. The van der Waals surface area contributed by atoms with Gasteiger partial charge in [-0.15, -0.1) is 10.2 Å². The van der Waals surface area contributed by atoms with Crippen LogP contribution >= 0.6 is 35.0 Å². The Morgan fingerprint density at radius 3 is 2.67 bits per heavy atom. The van der Waals surface area contributed by atoms with Gasteiger partial charge in [0, 0.05) is 18.5 Å². The van der Waals surface area contributed by atoms with Crippen LogP contribution in [0.2, 0.25) is 10.0 Å². The minimum atomic E-state index is -4.56. The molecule has 0 fully saturated rings. The van der Waals surface area contributed by atoms with Gasteiger partial charge in [-0.2, -0.15) is 13.2 Å². The summed E-state index contributed by atoms with van der Waals surface area (Å²) in [6.45, 7) is 0.401. The maximum Gasteiger partial charge on any atom is 0.418 e. The Kier molecular flexibility index (Phi) is 8.50. The molecule has 0 aliphatic rings. The number of para-hydroxylation sites is 1. The number of aromatic nitrogens is 3. The molecule has 1 heterocycles. The van der Waals surface area contributed by atoms with E-state index in [1.165, 1.54) is 18.2 Å². The summed E-state index contributed by atoms with van der Waals surface area (Å²) in [4.78, 5) is 12.2. The fourth-order valence-corrected chi connectivity index (χ4v) is 4.04. The molecule has 0 atom stereocenters. The SMILES string of the molecule is Cn1c(CCCOc2ccc(Cl)cc2Cl)nnc1SCC(=O)Nc1ccccc1C(F)(F)F. The van der Waals surface area contributed by atoms with Gasteiger partial charge < -0.3 is 14.6 Å². The van der Waals surface area contributed by atoms with Crippen LogP contribution < -0.4 is 10.1 Å². The van der Waals surface area contributed by atoms with Gasteiger partial charge in [0.1, 0.15) is 11.6 Å². The first-order chi connectivity index (χ1) is 15.6. The van der Waals surface area contributed by atoms with Crippen LogP contribution in [-0.2, 0) is 24.4 Å². The van der Waals surface area contributed by atoms with E-state index in [0.29, 0.717) is 46.2 Å². The normalized spacial score (nSPS) is 11.5. The Morgan fingerprint density at radius 2 is 1.94 bits per heavy atom. The third-order valence-electron chi connectivity index (χ3n) is 4.46.